The maximum Gasteiger partial charge on any atom is 0.225 e. The molecular weight excluding hydrogens is 368 g/mol. The molecule has 4 rings (SSSR count). The number of halogens is 1. The number of anilines is 1. The molecule has 2 heterocycles. The van der Waals surface area contributed by atoms with Gasteiger partial charge in [-0.15, -0.1) is 0 Å². The third kappa shape index (κ3) is 3.50. The summed E-state index contributed by atoms with van der Waals surface area (Å²) in [5.74, 6) is 1.76. The smallest absolute Gasteiger partial charge is 0.225 e. The number of fused-ring (bicyclic) bond motifs is 1. The lowest BCUT2D eigenvalue weighted by Gasteiger charge is -2.24. The fraction of sp³-hybridized carbons (Fsp3) is 0.478. The molecule has 1 fully saturated rings. The van der Waals surface area contributed by atoms with Crippen LogP contribution in [0.2, 0.25) is 5.28 Å². The lowest BCUT2D eigenvalue weighted by molar-refractivity contribution is 0.699. The fourth-order valence-electron chi connectivity index (χ4n) is 4.42. The Morgan fingerprint density at radius 2 is 1.82 bits per heavy atom. The van der Waals surface area contributed by atoms with Gasteiger partial charge in [-0.05, 0) is 74.2 Å². The molecule has 0 N–H and O–H groups in total. The first-order valence-electron chi connectivity index (χ1n) is 10.2. The summed E-state index contributed by atoms with van der Waals surface area (Å²) in [4.78, 5) is 11.8. The molecule has 0 bridgehead atoms. The van der Waals surface area contributed by atoms with E-state index in [9.17, 15) is 0 Å². The van der Waals surface area contributed by atoms with E-state index in [1.54, 1.807) is 0 Å². The summed E-state index contributed by atoms with van der Waals surface area (Å²) in [5, 5.41) is 0.328. The normalized spacial score (nSPS) is 14.1. The van der Waals surface area contributed by atoms with Crippen LogP contribution < -0.4 is 4.90 Å². The van der Waals surface area contributed by atoms with E-state index in [4.69, 9.17) is 11.6 Å². The molecule has 1 aliphatic carbocycles. The Morgan fingerprint density at radius 3 is 2.43 bits per heavy atom. The van der Waals surface area contributed by atoms with Gasteiger partial charge in [0.15, 0.2) is 5.82 Å². The third-order valence-electron chi connectivity index (χ3n) is 5.68. The van der Waals surface area contributed by atoms with Gasteiger partial charge >= 0.3 is 0 Å². The molecule has 3 aromatic rings. The van der Waals surface area contributed by atoms with E-state index < -0.39 is 0 Å². The minimum absolute atomic E-state index is 0.328. The summed E-state index contributed by atoms with van der Waals surface area (Å²) >= 11 is 6.44. The van der Waals surface area contributed by atoms with Gasteiger partial charge in [-0.25, -0.2) is 4.98 Å². The zero-order valence-electron chi connectivity index (χ0n) is 17.5. The highest BCUT2D eigenvalue weighted by Crippen LogP contribution is 2.39. The average Bonchev–Trinajstić information content (AvgIpc) is 3.37. The van der Waals surface area contributed by atoms with Gasteiger partial charge in [0.1, 0.15) is 11.0 Å². The number of hydrogen-bond donors (Lipinski definition) is 0. The number of aromatic nitrogens is 3. The van der Waals surface area contributed by atoms with Gasteiger partial charge in [0, 0.05) is 31.9 Å². The fourth-order valence-corrected chi connectivity index (χ4v) is 4.59. The lowest BCUT2D eigenvalue weighted by atomic mass is 9.95. The first-order chi connectivity index (χ1) is 13.4. The summed E-state index contributed by atoms with van der Waals surface area (Å²) in [6.45, 7) is 10.8. The number of benzene rings is 1. The monoisotopic (exact) mass is 396 g/mol. The molecule has 1 aliphatic rings. The van der Waals surface area contributed by atoms with Gasteiger partial charge in [-0.2, -0.15) is 4.98 Å². The zero-order valence-corrected chi connectivity index (χ0v) is 18.3. The molecule has 1 aromatic carbocycles. The molecule has 1 saturated carbocycles. The van der Waals surface area contributed by atoms with Crippen molar-refractivity contribution in [2.24, 2.45) is 13.0 Å². The Labute approximate surface area is 172 Å². The van der Waals surface area contributed by atoms with E-state index in [2.05, 4.69) is 72.5 Å². The van der Waals surface area contributed by atoms with Crippen molar-refractivity contribution in [1.29, 1.82) is 0 Å². The van der Waals surface area contributed by atoms with Gasteiger partial charge in [-0.3, -0.25) is 0 Å². The summed E-state index contributed by atoms with van der Waals surface area (Å²) in [6, 6.07) is 4.47. The molecule has 28 heavy (non-hydrogen) atoms. The van der Waals surface area contributed by atoms with Crippen LogP contribution in [-0.4, -0.2) is 27.6 Å². The van der Waals surface area contributed by atoms with Crippen molar-refractivity contribution in [2.75, 3.05) is 18.0 Å². The highest BCUT2D eigenvalue weighted by atomic mass is 35.5. The van der Waals surface area contributed by atoms with Crippen LogP contribution in [0, 0.1) is 26.7 Å². The van der Waals surface area contributed by atoms with E-state index in [-0.39, 0.29) is 0 Å². The molecule has 0 saturated heterocycles. The zero-order chi connectivity index (χ0) is 20.0. The molecule has 0 amide bonds. The van der Waals surface area contributed by atoms with Crippen molar-refractivity contribution in [3.8, 4) is 11.1 Å². The van der Waals surface area contributed by atoms with E-state index in [0.29, 0.717) is 5.28 Å². The van der Waals surface area contributed by atoms with Crippen LogP contribution in [0.4, 0.5) is 5.82 Å². The van der Waals surface area contributed by atoms with Crippen LogP contribution in [0.25, 0.3) is 22.2 Å². The lowest BCUT2D eigenvalue weighted by Crippen LogP contribution is -2.28. The second-order valence-electron chi connectivity index (χ2n) is 8.33. The van der Waals surface area contributed by atoms with Crippen LogP contribution in [0.5, 0.6) is 0 Å². The van der Waals surface area contributed by atoms with Gasteiger partial charge in [-0.1, -0.05) is 24.6 Å². The Balaban J connectivity index is 1.93. The second kappa shape index (κ2) is 7.40. The molecule has 0 atom stereocenters. The van der Waals surface area contributed by atoms with E-state index in [1.165, 1.54) is 35.1 Å². The van der Waals surface area contributed by atoms with Gasteiger partial charge in [0.05, 0.1) is 0 Å². The Morgan fingerprint density at radius 1 is 1.14 bits per heavy atom. The number of rotatable bonds is 6. The van der Waals surface area contributed by atoms with Crippen LogP contribution in [0.1, 0.15) is 42.9 Å². The van der Waals surface area contributed by atoms with Crippen molar-refractivity contribution in [3.63, 3.8) is 0 Å². The van der Waals surface area contributed by atoms with Gasteiger partial charge in [0.2, 0.25) is 5.28 Å². The average molecular weight is 397 g/mol. The van der Waals surface area contributed by atoms with E-state index >= 15 is 0 Å². The summed E-state index contributed by atoms with van der Waals surface area (Å²) in [7, 11) is 2.09. The highest BCUT2D eigenvalue weighted by Gasteiger charge is 2.27. The van der Waals surface area contributed by atoms with Crippen molar-refractivity contribution in [1.82, 2.24) is 14.5 Å². The Bertz CT molecular complexity index is 1010. The summed E-state index contributed by atoms with van der Waals surface area (Å²) in [5.41, 5.74) is 8.24. The maximum atomic E-state index is 6.44. The van der Waals surface area contributed by atoms with E-state index in [0.717, 1.165) is 47.8 Å². The third-order valence-corrected chi connectivity index (χ3v) is 5.85. The second-order valence-corrected chi connectivity index (χ2v) is 8.67. The van der Waals surface area contributed by atoms with Gasteiger partial charge < -0.3 is 9.47 Å². The van der Waals surface area contributed by atoms with Crippen LogP contribution >= 0.6 is 11.6 Å². The molecule has 5 heteroatoms. The molecule has 2 aromatic heterocycles. The van der Waals surface area contributed by atoms with Crippen molar-refractivity contribution >= 4 is 28.5 Å². The van der Waals surface area contributed by atoms with Crippen LogP contribution in [-0.2, 0) is 7.05 Å². The molecule has 148 valence electrons. The maximum absolute atomic E-state index is 6.44. The first-order valence-corrected chi connectivity index (χ1v) is 10.6. The minimum Gasteiger partial charge on any atom is -0.354 e. The SMILES string of the molecule is CCCN(CC1CC1)c1nc(Cl)nc2c(-c3c(C)cc(C)cc3C)cn(C)c12. The number of aryl methyl sites for hydroxylation is 4. The first kappa shape index (κ1) is 19.3. The molecule has 4 nitrogen and oxygen atoms in total. The van der Waals surface area contributed by atoms with Crippen LogP contribution in [0.15, 0.2) is 18.3 Å². The summed E-state index contributed by atoms with van der Waals surface area (Å²) < 4.78 is 2.17. The number of hydrogen-bond acceptors (Lipinski definition) is 3. The van der Waals surface area contributed by atoms with Crippen LogP contribution in [0.3, 0.4) is 0 Å². The van der Waals surface area contributed by atoms with Crippen molar-refractivity contribution in [2.45, 2.75) is 47.0 Å². The van der Waals surface area contributed by atoms with Crippen molar-refractivity contribution < 1.29 is 0 Å². The minimum atomic E-state index is 0.328. The number of nitrogens with zero attached hydrogens (tertiary/aromatic N) is 4. The molecule has 0 spiro atoms. The Kier molecular flexibility index (Phi) is 5.09. The quantitative estimate of drug-likeness (QED) is 0.491. The molecule has 0 radical (unpaired) electrons. The largest absolute Gasteiger partial charge is 0.354 e. The predicted molar refractivity (Wildman–Crippen MR) is 118 cm³/mol. The predicted octanol–water partition coefficient (Wildman–Crippen LogP) is 5.84. The van der Waals surface area contributed by atoms with Gasteiger partial charge in [0.25, 0.3) is 0 Å². The molecule has 0 aliphatic heterocycles. The standard InChI is InChI=1S/C23H29ClN4/c1-6-9-28(12-17-7-8-17)22-21-20(25-23(24)26-22)18(13-27(21)5)19-15(3)10-14(2)11-16(19)4/h10-11,13,17H,6-9,12H2,1-5H3. The molecule has 0 unspecified atom stereocenters. The Hall–Kier alpha value is -2.07. The molecular formula is C23H29ClN4. The van der Waals surface area contributed by atoms with E-state index in [1.807, 2.05) is 0 Å². The van der Waals surface area contributed by atoms with Crippen molar-refractivity contribution in [3.05, 3.63) is 40.3 Å². The highest BCUT2D eigenvalue weighted by molar-refractivity contribution is 6.29. The summed E-state index contributed by atoms with van der Waals surface area (Å²) in [6.07, 6.45) is 5.92. The topological polar surface area (TPSA) is 34.0 Å².